The van der Waals surface area contributed by atoms with Crippen LogP contribution in [0.15, 0.2) is 23.1 Å². The van der Waals surface area contributed by atoms with Crippen LogP contribution in [0.2, 0.25) is 10.0 Å². The van der Waals surface area contributed by atoms with E-state index in [1.54, 1.807) is 25.1 Å². The number of hydrogen-bond acceptors (Lipinski definition) is 3. The number of nitrogens with one attached hydrogen (secondary N) is 1. The topological polar surface area (TPSA) is 52.9 Å². The number of amides is 1. The molecule has 0 aliphatic heterocycles. The highest BCUT2D eigenvalue weighted by Gasteiger charge is 2.35. The maximum Gasteiger partial charge on any atom is 0.234 e. The van der Waals surface area contributed by atoms with E-state index in [4.69, 9.17) is 23.2 Å². The summed E-state index contributed by atoms with van der Waals surface area (Å²) >= 11 is 13.6. The predicted octanol–water partition coefficient (Wildman–Crippen LogP) is 4.82. The molecule has 2 rings (SSSR count). The average Bonchev–Trinajstić information content (AvgIpc) is 2.51. The van der Waals surface area contributed by atoms with Gasteiger partial charge in [0, 0.05) is 4.90 Å². The highest BCUT2D eigenvalue weighted by atomic mass is 35.5. The highest BCUT2D eigenvalue weighted by Crippen LogP contribution is 2.37. The standard InChI is InChI=1S/C16H18Cl2N2OS/c1-11(22-14-12(17)6-5-7-13(14)18)15(21)20-16(10-19)8-3-2-4-9-16/h5-7,11H,2-4,8-9H2,1H3,(H,20,21)/t11-/m0/s1. The SMILES string of the molecule is C[C@H](Sc1c(Cl)cccc1Cl)C(=O)NC1(C#N)CCCCC1. The van der Waals surface area contributed by atoms with Crippen molar-refractivity contribution in [1.82, 2.24) is 5.32 Å². The maximum absolute atomic E-state index is 12.4. The minimum Gasteiger partial charge on any atom is -0.337 e. The zero-order valence-corrected chi connectivity index (χ0v) is 14.7. The first kappa shape index (κ1) is 17.5. The molecule has 0 saturated heterocycles. The number of halogens is 2. The van der Waals surface area contributed by atoms with Crippen LogP contribution in [-0.4, -0.2) is 16.7 Å². The Morgan fingerprint density at radius 3 is 2.45 bits per heavy atom. The average molecular weight is 357 g/mol. The number of rotatable bonds is 4. The maximum atomic E-state index is 12.4. The van der Waals surface area contributed by atoms with Crippen molar-refractivity contribution in [3.8, 4) is 6.07 Å². The smallest absolute Gasteiger partial charge is 0.234 e. The molecule has 1 atom stereocenters. The Bertz CT molecular complexity index is 574. The van der Waals surface area contributed by atoms with Crippen molar-refractivity contribution in [1.29, 1.82) is 5.26 Å². The Hall–Kier alpha value is -0.890. The van der Waals surface area contributed by atoms with Crippen molar-refractivity contribution in [3.05, 3.63) is 28.2 Å². The van der Waals surface area contributed by atoms with Crippen molar-refractivity contribution < 1.29 is 4.79 Å². The Morgan fingerprint density at radius 1 is 1.32 bits per heavy atom. The Balaban J connectivity index is 2.05. The van der Waals surface area contributed by atoms with Crippen LogP contribution in [0.25, 0.3) is 0 Å². The molecular weight excluding hydrogens is 339 g/mol. The summed E-state index contributed by atoms with van der Waals surface area (Å²) in [6.45, 7) is 1.80. The summed E-state index contributed by atoms with van der Waals surface area (Å²) in [7, 11) is 0. The number of carbonyl (C=O) groups is 1. The lowest BCUT2D eigenvalue weighted by atomic mass is 9.83. The third-order valence-electron chi connectivity index (χ3n) is 3.87. The predicted molar refractivity (Wildman–Crippen MR) is 91.4 cm³/mol. The zero-order valence-electron chi connectivity index (χ0n) is 12.4. The number of nitrogens with zero attached hydrogens (tertiary/aromatic N) is 1. The molecule has 1 aromatic carbocycles. The van der Waals surface area contributed by atoms with Gasteiger partial charge in [-0.05, 0) is 31.9 Å². The monoisotopic (exact) mass is 356 g/mol. The summed E-state index contributed by atoms with van der Waals surface area (Å²) in [6.07, 6.45) is 4.52. The largest absolute Gasteiger partial charge is 0.337 e. The summed E-state index contributed by atoms with van der Waals surface area (Å²) in [5.74, 6) is -0.149. The first-order valence-electron chi connectivity index (χ1n) is 7.31. The lowest BCUT2D eigenvalue weighted by Gasteiger charge is -2.32. The fourth-order valence-electron chi connectivity index (χ4n) is 2.58. The Morgan fingerprint density at radius 2 is 1.91 bits per heavy atom. The Labute approximate surface area is 145 Å². The molecule has 0 aromatic heterocycles. The van der Waals surface area contributed by atoms with Gasteiger partial charge in [0.15, 0.2) is 0 Å². The molecule has 0 spiro atoms. The minimum absolute atomic E-state index is 0.149. The van der Waals surface area contributed by atoms with Gasteiger partial charge >= 0.3 is 0 Å². The molecule has 0 bridgehead atoms. The number of thioether (sulfide) groups is 1. The molecular formula is C16H18Cl2N2OS. The number of hydrogen-bond donors (Lipinski definition) is 1. The van der Waals surface area contributed by atoms with E-state index in [9.17, 15) is 10.1 Å². The quantitative estimate of drug-likeness (QED) is 0.787. The zero-order chi connectivity index (χ0) is 16.2. The molecule has 118 valence electrons. The van der Waals surface area contributed by atoms with Crippen LogP contribution in [0.5, 0.6) is 0 Å². The summed E-state index contributed by atoms with van der Waals surface area (Å²) in [4.78, 5) is 13.1. The molecule has 6 heteroatoms. The van der Waals surface area contributed by atoms with Crippen molar-refractivity contribution in [2.24, 2.45) is 0 Å². The molecule has 3 nitrogen and oxygen atoms in total. The normalized spacial score (nSPS) is 18.3. The molecule has 0 heterocycles. The van der Waals surface area contributed by atoms with E-state index in [-0.39, 0.29) is 11.2 Å². The fraction of sp³-hybridized carbons (Fsp3) is 0.500. The Kier molecular flexibility index (Phi) is 6.02. The lowest BCUT2D eigenvalue weighted by molar-refractivity contribution is -0.121. The minimum atomic E-state index is -0.714. The summed E-state index contributed by atoms with van der Waals surface area (Å²) in [6, 6.07) is 7.56. The van der Waals surface area contributed by atoms with E-state index >= 15 is 0 Å². The highest BCUT2D eigenvalue weighted by molar-refractivity contribution is 8.00. The molecule has 1 N–H and O–H groups in total. The van der Waals surface area contributed by atoms with Crippen molar-refractivity contribution in [3.63, 3.8) is 0 Å². The molecule has 1 aromatic rings. The van der Waals surface area contributed by atoms with Crippen LogP contribution in [0.3, 0.4) is 0 Å². The van der Waals surface area contributed by atoms with Crippen molar-refractivity contribution >= 4 is 40.9 Å². The molecule has 1 aliphatic rings. The van der Waals surface area contributed by atoms with Crippen LogP contribution in [0.1, 0.15) is 39.0 Å². The molecule has 1 aliphatic carbocycles. The number of carbonyl (C=O) groups excluding carboxylic acids is 1. The second-order valence-electron chi connectivity index (χ2n) is 5.55. The fourth-order valence-corrected chi connectivity index (χ4v) is 4.13. The van der Waals surface area contributed by atoms with Gasteiger partial charge in [-0.25, -0.2) is 0 Å². The summed E-state index contributed by atoms with van der Waals surface area (Å²) in [5.41, 5.74) is -0.714. The van der Waals surface area contributed by atoms with Gasteiger partial charge in [-0.2, -0.15) is 5.26 Å². The molecule has 1 fully saturated rings. The summed E-state index contributed by atoms with van der Waals surface area (Å²) < 4.78 is 0. The van der Waals surface area contributed by atoms with Gasteiger partial charge in [0.05, 0.1) is 21.4 Å². The molecule has 1 amide bonds. The molecule has 0 radical (unpaired) electrons. The number of benzene rings is 1. The molecule has 22 heavy (non-hydrogen) atoms. The van der Waals surface area contributed by atoms with E-state index in [0.717, 1.165) is 32.1 Å². The van der Waals surface area contributed by atoms with Gasteiger partial charge in [0.25, 0.3) is 0 Å². The summed E-state index contributed by atoms with van der Waals surface area (Å²) in [5, 5.41) is 13.1. The van der Waals surface area contributed by atoms with E-state index in [1.165, 1.54) is 11.8 Å². The van der Waals surface area contributed by atoms with Crippen LogP contribution < -0.4 is 5.32 Å². The number of nitriles is 1. The van der Waals surface area contributed by atoms with Gasteiger partial charge in [-0.15, -0.1) is 11.8 Å². The van der Waals surface area contributed by atoms with Crippen LogP contribution >= 0.6 is 35.0 Å². The first-order valence-corrected chi connectivity index (χ1v) is 8.95. The third kappa shape index (κ3) is 4.10. The second kappa shape index (κ2) is 7.59. The van der Waals surface area contributed by atoms with E-state index in [0.29, 0.717) is 14.9 Å². The van der Waals surface area contributed by atoms with Gasteiger partial charge in [0.2, 0.25) is 5.91 Å². The van der Waals surface area contributed by atoms with E-state index < -0.39 is 5.54 Å². The van der Waals surface area contributed by atoms with Crippen LogP contribution in [-0.2, 0) is 4.79 Å². The van der Waals surface area contributed by atoms with Crippen LogP contribution in [0, 0.1) is 11.3 Å². The third-order valence-corrected chi connectivity index (χ3v) is 5.96. The van der Waals surface area contributed by atoms with Gasteiger partial charge < -0.3 is 5.32 Å². The lowest BCUT2D eigenvalue weighted by Crippen LogP contribution is -2.50. The van der Waals surface area contributed by atoms with Crippen molar-refractivity contribution in [2.45, 2.75) is 54.7 Å². The van der Waals surface area contributed by atoms with E-state index in [1.807, 2.05) is 0 Å². The van der Waals surface area contributed by atoms with E-state index in [2.05, 4.69) is 11.4 Å². The molecule has 0 unspecified atom stereocenters. The van der Waals surface area contributed by atoms with Gasteiger partial charge in [0.1, 0.15) is 5.54 Å². The van der Waals surface area contributed by atoms with Gasteiger partial charge in [-0.3, -0.25) is 4.79 Å². The van der Waals surface area contributed by atoms with Crippen molar-refractivity contribution in [2.75, 3.05) is 0 Å². The molecule has 1 saturated carbocycles. The van der Waals surface area contributed by atoms with Gasteiger partial charge in [-0.1, -0.05) is 48.5 Å². The van der Waals surface area contributed by atoms with Crippen LogP contribution in [0.4, 0.5) is 0 Å². The second-order valence-corrected chi connectivity index (χ2v) is 7.72. The first-order chi connectivity index (χ1) is 10.5.